The number of oxime groups is 1. The van der Waals surface area contributed by atoms with Crippen LogP contribution in [0.4, 0.5) is 0 Å². The Morgan fingerprint density at radius 2 is 1.86 bits per heavy atom. The lowest BCUT2D eigenvalue weighted by Gasteiger charge is -2.17. The highest BCUT2D eigenvalue weighted by Crippen LogP contribution is 2.15. The Morgan fingerprint density at radius 3 is 2.33 bits per heavy atom. The summed E-state index contributed by atoms with van der Waals surface area (Å²) in [6.07, 6.45) is 0. The van der Waals surface area contributed by atoms with Crippen LogP contribution >= 0.6 is 40.1 Å². The largest absolute Gasteiger partial charge is 0.410 e. The molecule has 0 aliphatic carbocycles. The molecule has 0 aliphatic rings. The molecule has 0 unspecified atom stereocenters. The summed E-state index contributed by atoms with van der Waals surface area (Å²) in [5.74, 6) is 0.480. The highest BCUT2D eigenvalue weighted by Gasteiger charge is 2.15. The van der Waals surface area contributed by atoms with Crippen molar-refractivity contribution in [1.82, 2.24) is 4.90 Å². The summed E-state index contributed by atoms with van der Waals surface area (Å²) in [5, 5.41) is 12.3. The predicted molar refractivity (Wildman–Crippen MR) is 95.2 cm³/mol. The van der Waals surface area contributed by atoms with Gasteiger partial charge in [-0.2, -0.15) is 0 Å². The van der Waals surface area contributed by atoms with Crippen LogP contribution in [0.3, 0.4) is 0 Å². The fourth-order valence-corrected chi connectivity index (χ4v) is 2.79. The first kappa shape index (κ1) is 20.4. The number of hydrogen-bond acceptors (Lipinski definition) is 5. The van der Waals surface area contributed by atoms with Crippen LogP contribution in [0, 0.1) is 0 Å². The molecule has 0 radical (unpaired) electrons. The first-order chi connectivity index (χ1) is 9.62. The zero-order chi connectivity index (χ0) is 15.0. The maximum atomic E-state index is 12.2. The first-order valence-corrected chi connectivity index (χ1v) is 8.27. The third-order valence-corrected chi connectivity index (χ3v) is 4.39. The molecular formula is C14H20BrClN2O2S. The van der Waals surface area contributed by atoms with E-state index in [1.165, 1.54) is 11.8 Å². The first-order valence-electron chi connectivity index (χ1n) is 6.49. The quantitative estimate of drug-likeness (QED) is 0.250. The van der Waals surface area contributed by atoms with Crippen molar-refractivity contribution in [3.8, 4) is 0 Å². The minimum atomic E-state index is -0.246. The molecular weight excluding hydrogens is 376 g/mol. The van der Waals surface area contributed by atoms with Gasteiger partial charge in [-0.05, 0) is 37.4 Å². The van der Waals surface area contributed by atoms with Crippen LogP contribution in [0.2, 0.25) is 0 Å². The van der Waals surface area contributed by atoms with E-state index in [9.17, 15) is 4.79 Å². The third-order valence-electron chi connectivity index (χ3n) is 2.93. The number of Topliss-reactive ketones (excluding diaryl/α,β-unsaturated/α-hetero) is 1. The minimum Gasteiger partial charge on any atom is -0.410 e. The topological polar surface area (TPSA) is 52.9 Å². The maximum absolute atomic E-state index is 12.2. The Hall–Kier alpha value is -0.560. The van der Waals surface area contributed by atoms with Gasteiger partial charge in [-0.3, -0.25) is 4.79 Å². The Morgan fingerprint density at radius 1 is 1.29 bits per heavy atom. The summed E-state index contributed by atoms with van der Waals surface area (Å²) >= 11 is 4.61. The summed E-state index contributed by atoms with van der Waals surface area (Å²) in [4.78, 5) is 14.4. The second-order valence-corrected chi connectivity index (χ2v) is 6.12. The average Bonchev–Trinajstić information content (AvgIpc) is 2.48. The second kappa shape index (κ2) is 11.1. The fourth-order valence-electron chi connectivity index (χ4n) is 1.68. The van der Waals surface area contributed by atoms with Gasteiger partial charge in [-0.15, -0.1) is 12.4 Å². The molecule has 0 aliphatic heterocycles. The summed E-state index contributed by atoms with van der Waals surface area (Å²) < 4.78 is 0.908. The van der Waals surface area contributed by atoms with Gasteiger partial charge in [-0.1, -0.05) is 46.7 Å². The van der Waals surface area contributed by atoms with E-state index >= 15 is 0 Å². The van der Waals surface area contributed by atoms with Gasteiger partial charge >= 0.3 is 0 Å². The molecule has 0 heterocycles. The number of thioether (sulfide) groups is 1. The van der Waals surface area contributed by atoms with Gasteiger partial charge in [0, 0.05) is 22.3 Å². The van der Waals surface area contributed by atoms with Gasteiger partial charge in [0.1, 0.15) is 0 Å². The molecule has 4 nitrogen and oxygen atoms in total. The molecule has 0 atom stereocenters. The molecule has 1 aromatic rings. The summed E-state index contributed by atoms with van der Waals surface area (Å²) in [6.45, 7) is 7.02. The van der Waals surface area contributed by atoms with Gasteiger partial charge in [-0.25, -0.2) is 0 Å². The lowest BCUT2D eigenvalue weighted by atomic mass is 10.1. The van der Waals surface area contributed by atoms with Crippen LogP contribution in [-0.4, -0.2) is 46.3 Å². The predicted octanol–water partition coefficient (Wildman–Crippen LogP) is 3.92. The zero-order valence-electron chi connectivity index (χ0n) is 12.1. The summed E-state index contributed by atoms with van der Waals surface area (Å²) in [6, 6.07) is 7.01. The molecule has 0 saturated carbocycles. The molecule has 7 heteroatoms. The third kappa shape index (κ3) is 6.82. The van der Waals surface area contributed by atoms with Gasteiger partial charge in [0.05, 0.1) is 0 Å². The molecule has 1 N–H and O–H groups in total. The number of benzene rings is 1. The number of rotatable bonds is 7. The van der Waals surface area contributed by atoms with Crippen molar-refractivity contribution in [2.45, 2.75) is 13.8 Å². The molecule has 1 aromatic carbocycles. The van der Waals surface area contributed by atoms with Crippen molar-refractivity contribution in [2.24, 2.45) is 5.16 Å². The molecule has 1 rings (SSSR count). The molecule has 0 amide bonds. The van der Waals surface area contributed by atoms with Crippen molar-refractivity contribution >= 4 is 50.9 Å². The maximum Gasteiger partial charge on any atom is 0.221 e. The van der Waals surface area contributed by atoms with E-state index in [4.69, 9.17) is 5.21 Å². The van der Waals surface area contributed by atoms with E-state index in [1.807, 2.05) is 0 Å². The number of halogens is 2. The second-order valence-electron chi connectivity index (χ2n) is 4.12. The lowest BCUT2D eigenvalue weighted by Crippen LogP contribution is -2.26. The van der Waals surface area contributed by atoms with E-state index in [-0.39, 0.29) is 23.2 Å². The highest BCUT2D eigenvalue weighted by atomic mass is 79.9. The Kier molecular flexibility index (Phi) is 10.8. The van der Waals surface area contributed by atoms with Crippen LogP contribution < -0.4 is 0 Å². The standard InChI is InChI=1S/C14H19BrN2O2S.ClH/c1-3-17(4-2)9-10-20-14(16-19)13(18)11-5-7-12(15)8-6-11;/h5-8,19H,3-4,9-10H2,1-2H3;1H/b16-14-;. The molecule has 118 valence electrons. The highest BCUT2D eigenvalue weighted by molar-refractivity contribution is 9.10. The van der Waals surface area contributed by atoms with Crippen molar-refractivity contribution in [1.29, 1.82) is 0 Å². The average molecular weight is 396 g/mol. The van der Waals surface area contributed by atoms with E-state index in [1.54, 1.807) is 24.3 Å². The van der Waals surface area contributed by atoms with Crippen molar-refractivity contribution in [3.05, 3.63) is 34.3 Å². The normalized spacial score (nSPS) is 11.3. The van der Waals surface area contributed by atoms with E-state index < -0.39 is 0 Å². The Bertz CT molecular complexity index is 465. The van der Waals surface area contributed by atoms with E-state index in [0.717, 1.165) is 29.9 Å². The molecule has 0 spiro atoms. The number of ketones is 1. The van der Waals surface area contributed by atoms with Gasteiger partial charge < -0.3 is 10.1 Å². The van der Waals surface area contributed by atoms with Gasteiger partial charge in [0.15, 0.2) is 5.04 Å². The van der Waals surface area contributed by atoms with Gasteiger partial charge in [0.2, 0.25) is 5.78 Å². The number of carbonyl (C=O) groups excluding carboxylic acids is 1. The van der Waals surface area contributed by atoms with Gasteiger partial charge in [0.25, 0.3) is 0 Å². The van der Waals surface area contributed by atoms with Crippen molar-refractivity contribution in [3.63, 3.8) is 0 Å². The fraction of sp³-hybridized carbons (Fsp3) is 0.429. The molecule has 21 heavy (non-hydrogen) atoms. The van der Waals surface area contributed by atoms with Crippen LogP contribution in [0.15, 0.2) is 33.9 Å². The lowest BCUT2D eigenvalue weighted by molar-refractivity contribution is 0.106. The zero-order valence-corrected chi connectivity index (χ0v) is 15.3. The van der Waals surface area contributed by atoms with E-state index in [2.05, 4.69) is 39.8 Å². The summed E-state index contributed by atoms with van der Waals surface area (Å²) in [7, 11) is 0. The Labute approximate surface area is 144 Å². The SMILES string of the molecule is CCN(CC)CCS/C(=N\O)C(=O)c1ccc(Br)cc1.Cl. The smallest absolute Gasteiger partial charge is 0.221 e. The van der Waals surface area contributed by atoms with Crippen molar-refractivity contribution in [2.75, 3.05) is 25.4 Å². The van der Waals surface area contributed by atoms with E-state index in [0.29, 0.717) is 5.56 Å². The van der Waals surface area contributed by atoms with Crippen LogP contribution in [0.5, 0.6) is 0 Å². The molecule has 0 bridgehead atoms. The molecule has 0 fully saturated rings. The molecule has 0 saturated heterocycles. The van der Waals surface area contributed by atoms with Crippen LogP contribution in [0.25, 0.3) is 0 Å². The van der Waals surface area contributed by atoms with Crippen molar-refractivity contribution < 1.29 is 10.0 Å². The van der Waals surface area contributed by atoms with Crippen LogP contribution in [0.1, 0.15) is 24.2 Å². The number of carbonyl (C=O) groups is 1. The Balaban J connectivity index is 0.00000400. The summed E-state index contributed by atoms with van der Waals surface area (Å²) in [5.41, 5.74) is 0.524. The monoisotopic (exact) mass is 394 g/mol. The number of nitrogens with zero attached hydrogens (tertiary/aromatic N) is 2. The van der Waals surface area contributed by atoms with Crippen LogP contribution in [-0.2, 0) is 0 Å². The number of hydrogen-bond donors (Lipinski definition) is 1. The minimum absolute atomic E-state index is 0. The molecule has 0 aromatic heterocycles.